The maximum atomic E-state index is 15.5. The molecule has 0 unspecified atom stereocenters. The maximum absolute atomic E-state index is 15.5. The summed E-state index contributed by atoms with van der Waals surface area (Å²) >= 11 is 0. The van der Waals surface area contributed by atoms with Gasteiger partial charge in [0, 0.05) is 57.0 Å². The van der Waals surface area contributed by atoms with Gasteiger partial charge in [-0.2, -0.15) is 0 Å². The van der Waals surface area contributed by atoms with Gasteiger partial charge in [-0.15, -0.1) is 0 Å². The molecular weight excluding hydrogens is 606 g/mol. The van der Waals surface area contributed by atoms with Gasteiger partial charge in [0.15, 0.2) is 0 Å². The first-order valence-electron chi connectivity index (χ1n) is 16.7. The minimum absolute atomic E-state index is 0.0172. The Morgan fingerprint density at radius 3 is 2.40 bits per heavy atom. The van der Waals surface area contributed by atoms with Crippen molar-refractivity contribution >= 4 is 29.3 Å². The zero-order valence-corrected chi connectivity index (χ0v) is 28.4. The number of anilines is 3. The Hall–Kier alpha value is -3.74. The molecule has 258 valence electrons. The van der Waals surface area contributed by atoms with E-state index in [1.165, 1.54) is 18.5 Å². The van der Waals surface area contributed by atoms with Gasteiger partial charge >= 0.3 is 6.09 Å². The summed E-state index contributed by atoms with van der Waals surface area (Å²) in [4.78, 5) is 39.5. The van der Waals surface area contributed by atoms with Crippen molar-refractivity contribution in [1.29, 1.82) is 0 Å². The number of benzene rings is 1. The van der Waals surface area contributed by atoms with Crippen molar-refractivity contribution in [3.63, 3.8) is 0 Å². The minimum Gasteiger partial charge on any atom is -0.444 e. The first-order chi connectivity index (χ1) is 22.2. The van der Waals surface area contributed by atoms with Crippen molar-refractivity contribution in [3.8, 4) is 0 Å². The molecule has 3 fully saturated rings. The number of piperidine rings is 2. The average molecular weight is 657 g/mol. The number of piperazine rings is 1. The number of hydrogen-bond donors (Lipinski definition) is 3. The molecule has 3 N–H and O–H groups in total. The quantitative estimate of drug-likeness (QED) is 0.331. The van der Waals surface area contributed by atoms with E-state index in [1.54, 1.807) is 4.90 Å². The van der Waals surface area contributed by atoms with Gasteiger partial charge in [-0.3, -0.25) is 9.69 Å². The van der Waals surface area contributed by atoms with E-state index in [2.05, 4.69) is 49.6 Å². The summed E-state index contributed by atoms with van der Waals surface area (Å²) in [6, 6.07) is 4.46. The number of carbonyl (C=O) groups is 2. The van der Waals surface area contributed by atoms with Crippen LogP contribution in [0, 0.1) is 17.0 Å². The Morgan fingerprint density at radius 1 is 0.979 bits per heavy atom. The highest BCUT2D eigenvalue weighted by atomic mass is 19.1. The lowest BCUT2D eigenvalue weighted by Gasteiger charge is -2.48. The van der Waals surface area contributed by atoms with Crippen molar-refractivity contribution in [2.75, 3.05) is 67.5 Å². The molecule has 2 amide bonds. The molecule has 3 saturated heterocycles. The zero-order valence-electron chi connectivity index (χ0n) is 28.4. The van der Waals surface area contributed by atoms with Gasteiger partial charge in [-0.05, 0) is 77.4 Å². The van der Waals surface area contributed by atoms with Crippen molar-refractivity contribution in [2.24, 2.45) is 5.41 Å². The third-order valence-electron chi connectivity index (χ3n) is 9.32. The highest BCUT2D eigenvalue weighted by Gasteiger charge is 2.42. The molecule has 1 aromatic carbocycles. The van der Waals surface area contributed by atoms with Crippen LogP contribution in [0.15, 0.2) is 24.5 Å². The minimum atomic E-state index is -0.552. The fourth-order valence-corrected chi connectivity index (χ4v) is 6.51. The van der Waals surface area contributed by atoms with E-state index in [0.717, 1.165) is 31.7 Å². The number of amides is 2. The Labute approximate surface area is 276 Å². The number of nitrogens with one attached hydrogen (secondary N) is 3. The summed E-state index contributed by atoms with van der Waals surface area (Å²) in [7, 11) is 0. The largest absolute Gasteiger partial charge is 0.444 e. The number of alkyl carbamates (subject to hydrolysis) is 1. The molecule has 11 nitrogen and oxygen atoms in total. The Morgan fingerprint density at radius 2 is 1.70 bits per heavy atom. The summed E-state index contributed by atoms with van der Waals surface area (Å²) < 4.78 is 36.1. The molecule has 13 heteroatoms. The molecule has 2 aromatic rings. The lowest BCUT2D eigenvalue weighted by atomic mass is 9.82. The summed E-state index contributed by atoms with van der Waals surface area (Å²) in [6.07, 6.45) is 5.08. The summed E-state index contributed by atoms with van der Waals surface area (Å²) in [6.45, 7) is 14.8. The maximum Gasteiger partial charge on any atom is 0.407 e. The van der Waals surface area contributed by atoms with Gasteiger partial charge < -0.3 is 30.5 Å². The van der Waals surface area contributed by atoms with Gasteiger partial charge in [-0.25, -0.2) is 23.5 Å². The molecule has 5 rings (SSSR count). The summed E-state index contributed by atoms with van der Waals surface area (Å²) in [5.74, 6) is 0.314. The second kappa shape index (κ2) is 14.2. The molecule has 0 aliphatic carbocycles. The predicted octanol–water partition coefficient (Wildman–Crippen LogP) is 4.68. The lowest BCUT2D eigenvalue weighted by molar-refractivity contribution is -0.123. The molecular formula is C34H50F2N8O3. The average Bonchev–Trinajstić information content (AvgIpc) is 2.99. The molecule has 3 aliphatic rings. The molecule has 1 aromatic heterocycles. The van der Waals surface area contributed by atoms with Crippen LogP contribution in [0.1, 0.15) is 72.3 Å². The number of rotatable bonds is 9. The van der Waals surface area contributed by atoms with E-state index in [9.17, 15) is 9.59 Å². The fourth-order valence-electron chi connectivity index (χ4n) is 6.51. The van der Waals surface area contributed by atoms with E-state index in [-0.39, 0.29) is 23.6 Å². The molecule has 0 atom stereocenters. The Bertz CT molecular complexity index is 1410. The number of hydrogen-bond acceptors (Lipinski definition) is 9. The second-order valence-electron chi connectivity index (χ2n) is 15.0. The van der Waals surface area contributed by atoms with Gasteiger partial charge in [0.25, 0.3) is 0 Å². The summed E-state index contributed by atoms with van der Waals surface area (Å²) in [5.41, 5.74) is -0.320. The second-order valence-corrected chi connectivity index (χ2v) is 15.0. The Kier molecular flexibility index (Phi) is 10.4. The van der Waals surface area contributed by atoms with Crippen LogP contribution in [0.4, 0.5) is 30.9 Å². The van der Waals surface area contributed by atoms with Crippen molar-refractivity contribution in [1.82, 2.24) is 25.5 Å². The van der Waals surface area contributed by atoms with E-state index in [0.29, 0.717) is 69.9 Å². The van der Waals surface area contributed by atoms with E-state index in [4.69, 9.17) is 4.74 Å². The smallest absolute Gasteiger partial charge is 0.407 e. The van der Waals surface area contributed by atoms with Crippen molar-refractivity contribution in [3.05, 3.63) is 41.7 Å². The zero-order chi connectivity index (χ0) is 33.8. The van der Waals surface area contributed by atoms with Gasteiger partial charge in [0.2, 0.25) is 5.91 Å². The van der Waals surface area contributed by atoms with Crippen molar-refractivity contribution in [2.45, 2.75) is 84.4 Å². The number of carbonyl (C=O) groups excluding carboxylic acids is 2. The van der Waals surface area contributed by atoms with Crippen LogP contribution < -0.4 is 25.8 Å². The van der Waals surface area contributed by atoms with Gasteiger partial charge in [0.05, 0.1) is 17.8 Å². The van der Waals surface area contributed by atoms with Gasteiger partial charge in [-0.1, -0.05) is 13.8 Å². The van der Waals surface area contributed by atoms with E-state index < -0.39 is 28.9 Å². The van der Waals surface area contributed by atoms with Crippen LogP contribution in [0.25, 0.3) is 0 Å². The van der Waals surface area contributed by atoms with Crippen LogP contribution in [0.2, 0.25) is 0 Å². The third kappa shape index (κ3) is 9.42. The number of halogens is 2. The number of nitrogens with zero attached hydrogens (tertiary/aromatic N) is 5. The van der Waals surface area contributed by atoms with Crippen LogP contribution in [-0.2, 0) is 16.1 Å². The number of ether oxygens (including phenoxy) is 1. The normalized spacial score (nSPS) is 19.8. The fraction of sp³-hybridized carbons (Fsp3) is 0.647. The lowest BCUT2D eigenvalue weighted by Crippen LogP contribution is -2.66. The molecule has 4 heterocycles. The molecule has 0 bridgehead atoms. The number of likely N-dealkylation sites (tertiary alicyclic amines) is 1. The van der Waals surface area contributed by atoms with E-state index in [1.807, 2.05) is 26.8 Å². The first-order valence-corrected chi connectivity index (χ1v) is 16.7. The first kappa shape index (κ1) is 34.6. The molecule has 1 spiro atoms. The van der Waals surface area contributed by atoms with Crippen LogP contribution >= 0.6 is 0 Å². The van der Waals surface area contributed by atoms with Gasteiger partial charge in [0.1, 0.15) is 35.2 Å². The third-order valence-corrected chi connectivity index (χ3v) is 9.32. The highest BCUT2D eigenvalue weighted by molar-refractivity contribution is 5.84. The molecule has 0 radical (unpaired) electrons. The molecule has 3 aliphatic heterocycles. The molecule has 47 heavy (non-hydrogen) atoms. The molecule has 0 saturated carbocycles. The SMILES string of the molecule is CC1(C)CCN(Cc2cc(F)c(N3CC(=O)NC4(CCN(c5cc(NCCCNC(=O)OC(C)(C)C)ncn5)CC4)C3)cc2F)CC1. The predicted molar refractivity (Wildman–Crippen MR) is 179 cm³/mol. The summed E-state index contributed by atoms with van der Waals surface area (Å²) in [5, 5.41) is 9.18. The number of aromatic nitrogens is 2. The van der Waals surface area contributed by atoms with Crippen molar-refractivity contribution < 1.29 is 23.1 Å². The Balaban J connectivity index is 1.14. The van der Waals surface area contributed by atoms with Crippen LogP contribution in [0.3, 0.4) is 0 Å². The van der Waals surface area contributed by atoms with Crippen LogP contribution in [-0.4, -0.2) is 90.4 Å². The van der Waals surface area contributed by atoms with E-state index >= 15 is 8.78 Å². The van der Waals surface area contributed by atoms with Crippen LogP contribution in [0.5, 0.6) is 0 Å². The monoisotopic (exact) mass is 656 g/mol. The topological polar surface area (TPSA) is 115 Å². The standard InChI is InChI=1S/C34H50F2N8O3/c1-32(2,3)47-31(46)38-12-6-11-37-28-19-29(40-23-39-28)43-15-9-34(10-16-43)22-44(21-30(45)41-34)27-18-25(35)24(17-26(27)36)20-42-13-7-33(4,5)8-14-42/h17-19,23H,6-16,20-22H2,1-5H3,(H,38,46)(H,41,45)(H,37,39,40). The highest BCUT2D eigenvalue weighted by Crippen LogP contribution is 2.34.